The van der Waals surface area contributed by atoms with E-state index in [9.17, 15) is 4.39 Å². The van der Waals surface area contributed by atoms with E-state index in [4.69, 9.17) is 9.47 Å². The van der Waals surface area contributed by atoms with Gasteiger partial charge < -0.3 is 9.47 Å². The summed E-state index contributed by atoms with van der Waals surface area (Å²) in [5.41, 5.74) is 6.15. The van der Waals surface area contributed by atoms with Gasteiger partial charge in [0.2, 0.25) is 0 Å². The third-order valence-electron chi connectivity index (χ3n) is 5.14. The molecule has 0 aliphatic carbocycles. The molecule has 142 valence electrons. The van der Waals surface area contributed by atoms with Crippen molar-refractivity contribution in [1.29, 1.82) is 0 Å². The average molecular weight is 374 g/mol. The lowest BCUT2D eigenvalue weighted by atomic mass is 9.95. The molecule has 3 aromatic rings. The first-order valence-corrected chi connectivity index (χ1v) is 9.62. The first kappa shape index (κ1) is 18.3. The Hall–Kier alpha value is -3.07. The van der Waals surface area contributed by atoms with Crippen LogP contribution < -0.4 is 9.47 Å². The second-order valence-electron chi connectivity index (χ2n) is 6.92. The van der Waals surface area contributed by atoms with Crippen LogP contribution in [0.2, 0.25) is 0 Å². The summed E-state index contributed by atoms with van der Waals surface area (Å²) in [5, 5.41) is 0. The van der Waals surface area contributed by atoms with E-state index in [0.29, 0.717) is 18.8 Å². The molecule has 4 rings (SSSR count). The van der Waals surface area contributed by atoms with Crippen LogP contribution in [0.3, 0.4) is 0 Å². The zero-order valence-corrected chi connectivity index (χ0v) is 16.2. The lowest BCUT2D eigenvalue weighted by Crippen LogP contribution is -2.15. The van der Waals surface area contributed by atoms with Crippen molar-refractivity contribution in [2.45, 2.75) is 20.3 Å². The number of rotatable bonds is 4. The van der Waals surface area contributed by atoms with E-state index in [1.165, 1.54) is 6.07 Å². The predicted octanol–water partition coefficient (Wildman–Crippen LogP) is 6.31. The highest BCUT2D eigenvalue weighted by Gasteiger charge is 2.13. The maximum atomic E-state index is 14.1. The molecule has 3 heteroatoms. The summed E-state index contributed by atoms with van der Waals surface area (Å²) in [6, 6.07) is 17.5. The van der Waals surface area contributed by atoms with Crippen molar-refractivity contribution >= 4 is 12.2 Å². The van der Waals surface area contributed by atoms with E-state index in [2.05, 4.69) is 26.0 Å². The third-order valence-corrected chi connectivity index (χ3v) is 5.14. The lowest BCUT2D eigenvalue weighted by molar-refractivity contribution is 0.171. The maximum Gasteiger partial charge on any atom is 0.161 e. The quantitative estimate of drug-likeness (QED) is 0.499. The molecule has 0 aromatic heterocycles. The monoisotopic (exact) mass is 374 g/mol. The summed E-state index contributed by atoms with van der Waals surface area (Å²) >= 11 is 0. The molecule has 1 heterocycles. The molecular weight excluding hydrogens is 351 g/mol. The first-order chi connectivity index (χ1) is 13.7. The van der Waals surface area contributed by atoms with Crippen molar-refractivity contribution in [3.05, 3.63) is 82.7 Å². The van der Waals surface area contributed by atoms with Crippen molar-refractivity contribution in [1.82, 2.24) is 0 Å². The van der Waals surface area contributed by atoms with Crippen LogP contribution in [-0.4, -0.2) is 13.2 Å². The van der Waals surface area contributed by atoms with E-state index in [0.717, 1.165) is 45.7 Å². The number of halogens is 1. The molecule has 0 amide bonds. The van der Waals surface area contributed by atoms with Gasteiger partial charge in [0.05, 0.1) is 0 Å². The predicted molar refractivity (Wildman–Crippen MR) is 112 cm³/mol. The second-order valence-corrected chi connectivity index (χ2v) is 6.92. The number of ether oxygens (including phenoxy) is 2. The van der Waals surface area contributed by atoms with E-state index in [1.54, 1.807) is 0 Å². The fourth-order valence-corrected chi connectivity index (χ4v) is 3.48. The standard InChI is InChI=1S/C25H23FO2/c1-3-18-7-11-23(26)21(15-18)9-8-19-5-4-6-22(17(19)2)20-10-12-24-25(16-20)28-14-13-27-24/h4-12,15-16H,3,13-14H2,1-2H3/b9-8+. The fraction of sp³-hybridized carbons (Fsp3) is 0.200. The van der Waals surface area contributed by atoms with E-state index >= 15 is 0 Å². The Morgan fingerprint density at radius 2 is 1.68 bits per heavy atom. The Morgan fingerprint density at radius 1 is 0.893 bits per heavy atom. The summed E-state index contributed by atoms with van der Waals surface area (Å²) in [5.74, 6) is 1.37. The van der Waals surface area contributed by atoms with Crippen molar-refractivity contribution in [2.24, 2.45) is 0 Å². The molecule has 0 fully saturated rings. The lowest BCUT2D eigenvalue weighted by Gasteiger charge is -2.19. The van der Waals surface area contributed by atoms with Crippen LogP contribution in [0.5, 0.6) is 11.5 Å². The Morgan fingerprint density at radius 3 is 2.50 bits per heavy atom. The highest BCUT2D eigenvalue weighted by atomic mass is 19.1. The molecule has 0 bridgehead atoms. The number of hydrogen-bond acceptors (Lipinski definition) is 2. The Kier molecular flexibility index (Phi) is 5.16. The molecule has 1 aliphatic rings. The molecule has 0 radical (unpaired) electrons. The fourth-order valence-electron chi connectivity index (χ4n) is 3.48. The van der Waals surface area contributed by atoms with Gasteiger partial charge in [-0.1, -0.05) is 49.4 Å². The van der Waals surface area contributed by atoms with Crippen LogP contribution in [0.15, 0.2) is 54.6 Å². The number of aryl methyl sites for hydroxylation is 1. The van der Waals surface area contributed by atoms with Gasteiger partial charge in [0.1, 0.15) is 19.0 Å². The topological polar surface area (TPSA) is 18.5 Å². The number of fused-ring (bicyclic) bond motifs is 1. The molecule has 0 unspecified atom stereocenters. The second kappa shape index (κ2) is 7.89. The van der Waals surface area contributed by atoms with E-state index in [-0.39, 0.29) is 5.82 Å². The molecule has 0 atom stereocenters. The minimum absolute atomic E-state index is 0.200. The van der Waals surface area contributed by atoms with Crippen molar-refractivity contribution in [3.8, 4) is 22.6 Å². The maximum absolute atomic E-state index is 14.1. The highest BCUT2D eigenvalue weighted by molar-refractivity contribution is 5.78. The van der Waals surface area contributed by atoms with Gasteiger partial charge in [-0.2, -0.15) is 0 Å². The van der Waals surface area contributed by atoms with Crippen LogP contribution in [0.1, 0.15) is 29.2 Å². The summed E-state index contributed by atoms with van der Waals surface area (Å²) in [7, 11) is 0. The van der Waals surface area contributed by atoms with E-state index in [1.807, 2.05) is 48.6 Å². The Bertz CT molecular complexity index is 1040. The van der Waals surface area contributed by atoms with E-state index < -0.39 is 0 Å². The van der Waals surface area contributed by atoms with Crippen LogP contribution in [0.25, 0.3) is 23.3 Å². The van der Waals surface area contributed by atoms with Crippen LogP contribution in [-0.2, 0) is 6.42 Å². The summed E-state index contributed by atoms with van der Waals surface area (Å²) in [6.45, 7) is 5.31. The van der Waals surface area contributed by atoms with Gasteiger partial charge in [0.25, 0.3) is 0 Å². The molecule has 0 saturated heterocycles. The molecule has 0 spiro atoms. The van der Waals surface area contributed by atoms with Gasteiger partial charge in [-0.25, -0.2) is 4.39 Å². The third kappa shape index (κ3) is 3.65. The average Bonchev–Trinajstić information content (AvgIpc) is 2.73. The molecular formula is C25H23FO2. The van der Waals surface area contributed by atoms with Gasteiger partial charge in [0, 0.05) is 5.56 Å². The summed E-state index contributed by atoms with van der Waals surface area (Å²) in [4.78, 5) is 0. The molecule has 1 aliphatic heterocycles. The van der Waals surface area contributed by atoms with Crippen LogP contribution >= 0.6 is 0 Å². The van der Waals surface area contributed by atoms with Crippen LogP contribution in [0.4, 0.5) is 4.39 Å². The van der Waals surface area contributed by atoms with Gasteiger partial charge in [-0.3, -0.25) is 0 Å². The minimum Gasteiger partial charge on any atom is -0.486 e. The molecule has 2 nitrogen and oxygen atoms in total. The van der Waals surface area contributed by atoms with Gasteiger partial charge in [-0.15, -0.1) is 0 Å². The van der Waals surface area contributed by atoms with Crippen molar-refractivity contribution < 1.29 is 13.9 Å². The molecule has 3 aromatic carbocycles. The van der Waals surface area contributed by atoms with Gasteiger partial charge in [0.15, 0.2) is 11.5 Å². The molecule has 0 N–H and O–H groups in total. The highest BCUT2D eigenvalue weighted by Crippen LogP contribution is 2.36. The van der Waals surface area contributed by atoms with Crippen molar-refractivity contribution in [3.63, 3.8) is 0 Å². The van der Waals surface area contributed by atoms with Gasteiger partial charge in [-0.05, 0) is 65.4 Å². The largest absolute Gasteiger partial charge is 0.486 e. The zero-order chi connectivity index (χ0) is 19.5. The minimum atomic E-state index is -0.200. The Labute approximate surface area is 165 Å². The number of hydrogen-bond donors (Lipinski definition) is 0. The van der Waals surface area contributed by atoms with Crippen LogP contribution in [0, 0.1) is 12.7 Å². The summed E-state index contributed by atoms with van der Waals surface area (Å²) < 4.78 is 25.5. The number of benzene rings is 3. The zero-order valence-electron chi connectivity index (χ0n) is 16.2. The molecule has 0 saturated carbocycles. The summed E-state index contributed by atoms with van der Waals surface area (Å²) in [6.07, 6.45) is 4.72. The van der Waals surface area contributed by atoms with Crippen molar-refractivity contribution in [2.75, 3.05) is 13.2 Å². The molecule has 28 heavy (non-hydrogen) atoms. The smallest absolute Gasteiger partial charge is 0.161 e. The first-order valence-electron chi connectivity index (χ1n) is 9.62. The Balaban J connectivity index is 1.68. The SMILES string of the molecule is CCc1ccc(F)c(/C=C/c2cccc(-c3ccc4c(c3)OCCO4)c2C)c1. The normalized spacial score (nSPS) is 13.1. The van der Waals surface area contributed by atoms with Gasteiger partial charge >= 0.3 is 0 Å².